The third-order valence-corrected chi connectivity index (χ3v) is 21.4. The fourth-order valence-electron chi connectivity index (χ4n) is 12.7. The van der Waals surface area contributed by atoms with Crippen LogP contribution in [0.3, 0.4) is 0 Å². The molecule has 12 rings (SSSR count). The number of nitrogens with zero attached hydrogens (tertiary/aromatic N) is 7. The predicted octanol–water partition coefficient (Wildman–Crippen LogP) is 9.75. The van der Waals surface area contributed by atoms with E-state index in [0.717, 1.165) is 121 Å². The van der Waals surface area contributed by atoms with Gasteiger partial charge in [-0.2, -0.15) is 14.3 Å². The van der Waals surface area contributed by atoms with Crippen LogP contribution < -0.4 is 16.0 Å². The lowest BCUT2D eigenvalue weighted by Gasteiger charge is -2.52. The molecule has 0 radical (unpaired) electrons. The van der Waals surface area contributed by atoms with Crippen molar-refractivity contribution in [2.75, 3.05) is 56.5 Å². The number of carbonyl (C=O) groups is 1. The highest BCUT2D eigenvalue weighted by Gasteiger charge is 2.47. The van der Waals surface area contributed by atoms with Gasteiger partial charge in [0, 0.05) is 81.4 Å². The monoisotopic (exact) mass is 1160 g/mol. The van der Waals surface area contributed by atoms with Crippen molar-refractivity contribution in [3.8, 4) is 0 Å². The zero-order valence-corrected chi connectivity index (χ0v) is 50.3. The van der Waals surface area contributed by atoms with E-state index in [2.05, 4.69) is 73.0 Å². The van der Waals surface area contributed by atoms with E-state index in [4.69, 9.17) is 20.2 Å². The number of aromatic nitrogens is 6. The molecule has 4 N–H and O–H groups in total. The van der Waals surface area contributed by atoms with Gasteiger partial charge in [0.1, 0.15) is 12.3 Å². The van der Waals surface area contributed by atoms with E-state index in [1.165, 1.54) is 94.1 Å². The molecule has 0 atom stereocenters. The molecule has 3 aliphatic heterocycles. The van der Waals surface area contributed by atoms with Gasteiger partial charge >= 0.3 is 6.09 Å². The normalized spacial score (nSPS) is 20.1. The lowest BCUT2D eigenvalue weighted by Crippen LogP contribution is -2.59. The molecule has 2 spiro atoms. The standard InChI is InChI=1S/C21H28N6O2S.C20H29ClN4O3SSi.C13H23NO2.ClH/c28-30(29,27-9-7-21(8-10-27)12-22-13-21)20-24-19(25-26-20)23-18-16-5-1-3-14(16)11-15-4-2-6-17(15)18;1-30(2,3)11-10-28-13-25-19(23-20(24-25)29(21,26)27)22-18-16-8-4-6-14(16)12-15-7-5-9-17(15)18;1-12(2,3)16-11(15)14-9-13(10-14)7-5-4-6-8-13;/h11,22H,1-10,12-13H2,(H2,23,24,25,26);12H,4-11,13H2,1-3H3,(H,22,23,24);4-10H2,1-3H3;1H. The number of ether oxygens (including phenoxy) is 2. The van der Waals surface area contributed by atoms with Crippen LogP contribution in [0.1, 0.15) is 136 Å². The smallest absolute Gasteiger partial charge is 0.410 e. The Kier molecular flexibility index (Phi) is 17.2. The molecule has 0 bridgehead atoms. The molecule has 2 aromatic heterocycles. The van der Waals surface area contributed by atoms with Crippen molar-refractivity contribution in [2.24, 2.45) is 10.8 Å². The van der Waals surface area contributed by atoms with E-state index in [9.17, 15) is 21.6 Å². The third kappa shape index (κ3) is 13.2. The largest absolute Gasteiger partial charge is 0.444 e. The first kappa shape index (κ1) is 57.8. The zero-order chi connectivity index (χ0) is 53.7. The summed E-state index contributed by atoms with van der Waals surface area (Å²) in [7, 11) is -3.37. The van der Waals surface area contributed by atoms with Crippen LogP contribution in [0.15, 0.2) is 22.4 Å². The molecule has 5 heterocycles. The summed E-state index contributed by atoms with van der Waals surface area (Å²) in [6, 6.07) is 5.75. The van der Waals surface area contributed by atoms with E-state index in [1.807, 2.05) is 25.7 Å². The van der Waals surface area contributed by atoms with Crippen molar-refractivity contribution >= 4 is 79.6 Å². The van der Waals surface area contributed by atoms with Crippen LogP contribution in [0.5, 0.6) is 0 Å². The summed E-state index contributed by atoms with van der Waals surface area (Å²) in [4.78, 5) is 22.2. The summed E-state index contributed by atoms with van der Waals surface area (Å²) in [6.07, 6.45) is 21.5. The van der Waals surface area contributed by atoms with Gasteiger partial charge < -0.3 is 30.3 Å². The third-order valence-electron chi connectivity index (χ3n) is 17.0. The minimum absolute atomic E-state index is 0. The van der Waals surface area contributed by atoms with Crippen LogP contribution >= 0.6 is 23.1 Å². The second kappa shape index (κ2) is 23.0. The number of benzene rings is 2. The van der Waals surface area contributed by atoms with E-state index >= 15 is 0 Å². The number of halogens is 2. The number of aryl methyl sites for hydroxylation is 4. The predicted molar refractivity (Wildman–Crippen MR) is 305 cm³/mol. The summed E-state index contributed by atoms with van der Waals surface area (Å²) in [5.41, 5.74) is 13.6. The number of sulfonamides is 1. The van der Waals surface area contributed by atoms with Gasteiger partial charge in [-0.15, -0.1) is 22.6 Å². The number of nitrogens with one attached hydrogen (secondary N) is 4. The van der Waals surface area contributed by atoms with Gasteiger partial charge in [0.25, 0.3) is 29.4 Å². The number of hydrogen-bond donors (Lipinski definition) is 4. The SMILES string of the molecule is CC(C)(C)OC(=O)N1CC2(CCCCC2)C1.C[Si](C)(C)CCOCn1nc(S(=O)(=O)Cl)nc1Nc1c2c(cc3c1CCC3)CCC2.Cl.O=S(=O)(c1nc(Nc2c3c(cc4c2CCC4)CCC3)n[nH]1)N1CCC2(CC1)CNC2. The van der Waals surface area contributed by atoms with Gasteiger partial charge in [-0.25, -0.2) is 31.4 Å². The van der Waals surface area contributed by atoms with Crippen molar-refractivity contribution in [3.05, 3.63) is 56.6 Å². The lowest BCUT2D eigenvalue weighted by molar-refractivity contribution is -0.0485. The second-order valence-corrected chi connectivity index (χ2v) is 35.0. The molecule has 77 heavy (non-hydrogen) atoms. The Morgan fingerprint density at radius 2 is 1.27 bits per heavy atom. The minimum atomic E-state index is -4.03. The van der Waals surface area contributed by atoms with Crippen molar-refractivity contribution in [1.29, 1.82) is 0 Å². The van der Waals surface area contributed by atoms with Crippen molar-refractivity contribution in [2.45, 2.75) is 191 Å². The van der Waals surface area contributed by atoms with Gasteiger partial charge in [-0.05, 0) is 179 Å². The Labute approximate surface area is 467 Å². The summed E-state index contributed by atoms with van der Waals surface area (Å²) < 4.78 is 64.1. The number of piperidine rings is 1. The Balaban J connectivity index is 0.000000147. The molecule has 18 nitrogen and oxygen atoms in total. The number of carbonyl (C=O) groups excluding carboxylic acids is 1. The number of hydrogen-bond acceptors (Lipinski definition) is 14. The summed E-state index contributed by atoms with van der Waals surface area (Å²) in [5, 5.41) is 20.7. The van der Waals surface area contributed by atoms with Crippen LogP contribution in [0.25, 0.3) is 0 Å². The molecule has 4 aromatic rings. The minimum Gasteiger partial charge on any atom is -0.444 e. The zero-order valence-electron chi connectivity index (χ0n) is 46.0. The molecule has 23 heteroatoms. The highest BCUT2D eigenvalue weighted by molar-refractivity contribution is 8.13. The second-order valence-electron chi connectivity index (χ2n) is 25.1. The van der Waals surface area contributed by atoms with Gasteiger partial charge in [-0.3, -0.25) is 0 Å². The molecule has 8 aliphatic rings. The molecule has 5 aliphatic carbocycles. The van der Waals surface area contributed by atoms with E-state index in [-0.39, 0.29) is 36.0 Å². The molecule has 4 fully saturated rings. The first-order valence-corrected chi connectivity index (χ1v) is 35.5. The lowest BCUT2D eigenvalue weighted by atomic mass is 9.69. The van der Waals surface area contributed by atoms with Crippen molar-refractivity contribution < 1.29 is 31.1 Å². The summed E-state index contributed by atoms with van der Waals surface area (Å²) >= 11 is 0. The highest BCUT2D eigenvalue weighted by atomic mass is 35.7. The van der Waals surface area contributed by atoms with Gasteiger partial charge in [-0.1, -0.05) is 51.0 Å². The molecule has 0 unspecified atom stereocenters. The van der Waals surface area contributed by atoms with Gasteiger partial charge in [0.2, 0.25) is 11.9 Å². The Morgan fingerprint density at radius 1 is 0.740 bits per heavy atom. The molecule has 424 valence electrons. The van der Waals surface area contributed by atoms with Crippen molar-refractivity contribution in [3.63, 3.8) is 0 Å². The van der Waals surface area contributed by atoms with Crippen LogP contribution in [0, 0.1) is 10.8 Å². The number of likely N-dealkylation sites (tertiary alicyclic amines) is 1. The van der Waals surface area contributed by atoms with Gasteiger partial charge in [0.15, 0.2) is 0 Å². The maximum atomic E-state index is 13.1. The Bertz CT molecular complexity index is 2960. The van der Waals surface area contributed by atoms with E-state index in [1.54, 1.807) is 4.31 Å². The first-order valence-electron chi connectivity index (χ1n) is 28.0. The fourth-order valence-corrected chi connectivity index (χ4v) is 15.3. The van der Waals surface area contributed by atoms with E-state index in [0.29, 0.717) is 42.4 Å². The molecular formula is C54H81Cl2N11O7S2Si. The van der Waals surface area contributed by atoms with E-state index < -0.39 is 32.3 Å². The average molecular weight is 1160 g/mol. The maximum Gasteiger partial charge on any atom is 0.410 e. The Hall–Kier alpha value is -3.83. The molecule has 1 amide bonds. The van der Waals surface area contributed by atoms with Crippen molar-refractivity contribution in [1.82, 2.24) is 44.5 Å². The highest BCUT2D eigenvalue weighted by Crippen LogP contribution is 2.45. The number of aromatic amines is 1. The van der Waals surface area contributed by atoms with Crippen LogP contribution in [-0.2, 0) is 86.6 Å². The summed E-state index contributed by atoms with van der Waals surface area (Å²) in [6.45, 7) is 18.3. The number of rotatable bonds is 12. The number of anilines is 4. The topological polar surface area (TPSA) is 219 Å². The number of amides is 1. The van der Waals surface area contributed by atoms with Crippen LogP contribution in [0.4, 0.5) is 28.1 Å². The number of H-pyrrole nitrogens is 1. The van der Waals surface area contributed by atoms with Crippen LogP contribution in [-0.4, -0.2) is 122 Å². The Morgan fingerprint density at radius 3 is 1.75 bits per heavy atom. The fraction of sp³-hybridized carbons (Fsp3) is 0.685. The maximum absolute atomic E-state index is 13.1. The summed E-state index contributed by atoms with van der Waals surface area (Å²) in [5.74, 6) is 0.705. The van der Waals surface area contributed by atoms with Crippen LogP contribution in [0.2, 0.25) is 25.7 Å². The molecule has 2 aromatic carbocycles. The van der Waals surface area contributed by atoms with Gasteiger partial charge in [0.05, 0.1) is 0 Å². The number of fused-ring (bicyclic) bond motifs is 4. The average Bonchev–Trinajstić information content (AvgIpc) is 4.22. The first-order chi connectivity index (χ1) is 36.1. The molecule has 1 saturated carbocycles. The molecule has 3 saturated heterocycles. The molecular weight excluding hydrogens is 1080 g/mol. The quantitative estimate of drug-likeness (QED) is 0.0590.